The number of rotatable bonds is 15. The molecule has 2 rings (SSSR count). The van der Waals surface area contributed by atoms with E-state index >= 15 is 0 Å². The molecule has 2 aromatic carbocycles. The standard InChI is InChI=1S/C28H42N4O5Si/c1-38(2,3)18-17-37-28(36)32-25(19-21-9-5-4-6-10-21)27(35)31-24(11-7-8-16-29)26(34)30-23-14-12-22(20-33)13-15-23/h4-6,9-10,12-15,24-25,33H,7-8,11,16-20,29H2,1-3H3,(H,30,34)(H,31,35)(H,32,36)/t24-,25-/m0/s1. The molecule has 9 nitrogen and oxygen atoms in total. The number of ether oxygens (including phenoxy) is 1. The van der Waals surface area contributed by atoms with Gasteiger partial charge in [-0.15, -0.1) is 0 Å². The Balaban J connectivity index is 2.13. The first-order chi connectivity index (χ1) is 18.1. The van der Waals surface area contributed by atoms with Crippen LogP contribution >= 0.6 is 0 Å². The molecule has 0 heterocycles. The van der Waals surface area contributed by atoms with Crippen molar-refractivity contribution in [2.45, 2.75) is 70.1 Å². The summed E-state index contributed by atoms with van der Waals surface area (Å²) >= 11 is 0. The summed E-state index contributed by atoms with van der Waals surface area (Å²) < 4.78 is 5.36. The van der Waals surface area contributed by atoms with Crippen molar-refractivity contribution in [3.8, 4) is 0 Å². The Morgan fingerprint density at radius 3 is 2.18 bits per heavy atom. The molecule has 0 bridgehead atoms. The summed E-state index contributed by atoms with van der Waals surface area (Å²) in [5.74, 6) is -0.845. The van der Waals surface area contributed by atoms with Crippen LogP contribution in [0.3, 0.4) is 0 Å². The van der Waals surface area contributed by atoms with Crippen LogP contribution in [0.25, 0.3) is 0 Å². The van der Waals surface area contributed by atoms with E-state index in [1.165, 1.54) is 0 Å². The van der Waals surface area contributed by atoms with Crippen molar-refractivity contribution < 1.29 is 24.2 Å². The predicted octanol–water partition coefficient (Wildman–Crippen LogP) is 3.41. The van der Waals surface area contributed by atoms with Crippen LogP contribution in [0.1, 0.15) is 30.4 Å². The van der Waals surface area contributed by atoms with E-state index in [2.05, 4.69) is 35.6 Å². The van der Waals surface area contributed by atoms with Crippen LogP contribution < -0.4 is 21.7 Å². The number of hydrogen-bond acceptors (Lipinski definition) is 6. The number of anilines is 1. The molecule has 3 amide bonds. The van der Waals surface area contributed by atoms with Crippen molar-refractivity contribution in [1.29, 1.82) is 0 Å². The highest BCUT2D eigenvalue weighted by Gasteiger charge is 2.27. The summed E-state index contributed by atoms with van der Waals surface area (Å²) in [5.41, 5.74) is 7.77. The minimum Gasteiger partial charge on any atom is -0.450 e. The van der Waals surface area contributed by atoms with E-state index in [1.807, 2.05) is 30.3 Å². The van der Waals surface area contributed by atoms with Gasteiger partial charge in [-0.05, 0) is 55.1 Å². The largest absolute Gasteiger partial charge is 0.450 e. The fourth-order valence-electron chi connectivity index (χ4n) is 3.65. The molecule has 0 fully saturated rings. The van der Waals surface area contributed by atoms with Gasteiger partial charge in [0.2, 0.25) is 11.8 Å². The van der Waals surface area contributed by atoms with Gasteiger partial charge in [0.05, 0.1) is 13.2 Å². The second-order valence-electron chi connectivity index (χ2n) is 10.5. The number of carbonyl (C=O) groups is 3. The lowest BCUT2D eigenvalue weighted by Crippen LogP contribution is -2.53. The van der Waals surface area contributed by atoms with Crippen molar-refractivity contribution in [2.24, 2.45) is 5.73 Å². The average molecular weight is 543 g/mol. The normalized spacial score (nSPS) is 12.8. The zero-order chi connectivity index (χ0) is 28.0. The minimum absolute atomic E-state index is 0.0949. The lowest BCUT2D eigenvalue weighted by Gasteiger charge is -2.23. The summed E-state index contributed by atoms with van der Waals surface area (Å²) in [6.45, 7) is 7.25. The molecule has 6 N–H and O–H groups in total. The number of benzene rings is 2. The molecule has 0 saturated carbocycles. The van der Waals surface area contributed by atoms with Gasteiger partial charge in [0, 0.05) is 20.2 Å². The van der Waals surface area contributed by atoms with Crippen LogP contribution in [-0.2, 0) is 27.4 Å². The van der Waals surface area contributed by atoms with E-state index in [0.29, 0.717) is 38.1 Å². The molecule has 0 saturated heterocycles. The second kappa shape index (κ2) is 15.9. The monoisotopic (exact) mass is 542 g/mol. The molecule has 208 valence electrons. The van der Waals surface area contributed by atoms with E-state index < -0.39 is 32.2 Å². The lowest BCUT2D eigenvalue weighted by molar-refractivity contribution is -0.128. The van der Waals surface area contributed by atoms with Crippen LogP contribution in [0, 0.1) is 0 Å². The highest BCUT2D eigenvalue weighted by atomic mass is 28.3. The van der Waals surface area contributed by atoms with Crippen molar-refractivity contribution in [3.05, 3.63) is 65.7 Å². The van der Waals surface area contributed by atoms with Crippen molar-refractivity contribution in [3.63, 3.8) is 0 Å². The van der Waals surface area contributed by atoms with Gasteiger partial charge in [-0.3, -0.25) is 9.59 Å². The number of hydrogen-bond donors (Lipinski definition) is 5. The zero-order valence-electron chi connectivity index (χ0n) is 22.7. The molecule has 0 aromatic heterocycles. The average Bonchev–Trinajstić information content (AvgIpc) is 2.88. The number of aliphatic hydroxyl groups excluding tert-OH is 1. The molecule has 10 heteroatoms. The van der Waals surface area contributed by atoms with Crippen LogP contribution in [0.5, 0.6) is 0 Å². The third kappa shape index (κ3) is 11.9. The summed E-state index contributed by atoms with van der Waals surface area (Å²) in [7, 11) is -1.39. The first-order valence-corrected chi connectivity index (χ1v) is 16.8. The first kappa shape index (κ1) is 31.0. The molecule has 0 unspecified atom stereocenters. The van der Waals surface area contributed by atoms with Crippen molar-refractivity contribution >= 4 is 31.7 Å². The van der Waals surface area contributed by atoms with Gasteiger partial charge < -0.3 is 31.5 Å². The summed E-state index contributed by atoms with van der Waals surface area (Å²) in [6, 6.07) is 15.2. The molecule has 0 spiro atoms. The third-order valence-electron chi connectivity index (χ3n) is 5.96. The predicted molar refractivity (Wildman–Crippen MR) is 152 cm³/mol. The fourth-order valence-corrected chi connectivity index (χ4v) is 4.36. The Morgan fingerprint density at radius 2 is 1.58 bits per heavy atom. The van der Waals surface area contributed by atoms with E-state index in [1.54, 1.807) is 24.3 Å². The zero-order valence-corrected chi connectivity index (χ0v) is 23.7. The summed E-state index contributed by atoms with van der Waals surface area (Å²) in [5, 5.41) is 17.6. The number of nitrogens with one attached hydrogen (secondary N) is 3. The molecular weight excluding hydrogens is 500 g/mol. The first-order valence-electron chi connectivity index (χ1n) is 13.1. The van der Waals surface area contributed by atoms with Crippen molar-refractivity contribution in [1.82, 2.24) is 10.6 Å². The molecule has 0 aliphatic carbocycles. The summed E-state index contributed by atoms with van der Waals surface area (Å²) in [4.78, 5) is 39.1. The van der Waals surface area contributed by atoms with E-state index in [4.69, 9.17) is 10.5 Å². The molecule has 0 aliphatic heterocycles. The lowest BCUT2D eigenvalue weighted by atomic mass is 10.0. The maximum absolute atomic E-state index is 13.4. The highest BCUT2D eigenvalue weighted by molar-refractivity contribution is 6.76. The van der Waals surface area contributed by atoms with Gasteiger partial charge in [0.25, 0.3) is 0 Å². The van der Waals surface area contributed by atoms with Crippen LogP contribution in [0.2, 0.25) is 25.7 Å². The van der Waals surface area contributed by atoms with Crippen LogP contribution in [0.15, 0.2) is 54.6 Å². The summed E-state index contributed by atoms with van der Waals surface area (Å²) in [6.07, 6.45) is 1.33. The maximum atomic E-state index is 13.4. The molecule has 2 atom stereocenters. The van der Waals surface area contributed by atoms with Crippen molar-refractivity contribution in [2.75, 3.05) is 18.5 Å². The number of alkyl carbamates (subject to hydrolysis) is 1. The maximum Gasteiger partial charge on any atom is 0.407 e. The minimum atomic E-state index is -1.39. The molecule has 0 radical (unpaired) electrons. The smallest absolute Gasteiger partial charge is 0.407 e. The number of aliphatic hydroxyl groups is 1. The van der Waals surface area contributed by atoms with E-state index in [0.717, 1.165) is 17.2 Å². The molecule has 0 aliphatic rings. The van der Waals surface area contributed by atoms with Crippen LogP contribution in [0.4, 0.5) is 10.5 Å². The van der Waals surface area contributed by atoms with E-state index in [9.17, 15) is 19.5 Å². The molecular formula is C28H42N4O5Si. The van der Waals surface area contributed by atoms with E-state index in [-0.39, 0.29) is 18.9 Å². The second-order valence-corrected chi connectivity index (χ2v) is 16.1. The Bertz CT molecular complexity index is 1010. The molecule has 2 aromatic rings. The Kier molecular flexibility index (Phi) is 13.0. The van der Waals surface area contributed by atoms with Gasteiger partial charge in [-0.2, -0.15) is 0 Å². The van der Waals surface area contributed by atoms with Gasteiger partial charge in [-0.1, -0.05) is 62.1 Å². The van der Waals surface area contributed by atoms with Gasteiger partial charge >= 0.3 is 6.09 Å². The number of unbranched alkanes of at least 4 members (excludes halogenated alkanes) is 1. The van der Waals surface area contributed by atoms with Gasteiger partial charge in [0.1, 0.15) is 12.1 Å². The van der Waals surface area contributed by atoms with Gasteiger partial charge in [-0.25, -0.2) is 4.79 Å². The Hall–Kier alpha value is -3.21. The topological polar surface area (TPSA) is 143 Å². The number of carbonyl (C=O) groups excluding carboxylic acids is 3. The molecule has 38 heavy (non-hydrogen) atoms. The Labute approximate surface area is 226 Å². The van der Waals surface area contributed by atoms with Crippen LogP contribution in [-0.4, -0.2) is 56.3 Å². The third-order valence-corrected chi connectivity index (χ3v) is 7.66. The highest BCUT2D eigenvalue weighted by Crippen LogP contribution is 2.13. The number of amides is 3. The fraction of sp³-hybridized carbons (Fsp3) is 0.464. The van der Waals surface area contributed by atoms with Gasteiger partial charge in [0.15, 0.2) is 0 Å². The number of nitrogens with two attached hydrogens (primary N) is 1. The quantitative estimate of drug-likeness (QED) is 0.172. The Morgan fingerprint density at radius 1 is 0.895 bits per heavy atom. The SMILES string of the molecule is C[Si](C)(C)CCOC(=O)N[C@@H](Cc1ccccc1)C(=O)N[C@@H](CCCCN)C(=O)Nc1ccc(CO)cc1.